The molecule has 3 amide bonds. The highest BCUT2D eigenvalue weighted by Crippen LogP contribution is 2.39. The molecule has 2 aromatic rings. The van der Waals surface area contributed by atoms with Gasteiger partial charge in [0.2, 0.25) is 11.8 Å². The first-order chi connectivity index (χ1) is 22.0. The Bertz CT molecular complexity index is 1450. The van der Waals surface area contributed by atoms with Crippen molar-refractivity contribution in [2.24, 2.45) is 11.3 Å². The maximum absolute atomic E-state index is 14.0. The lowest BCUT2D eigenvalue weighted by atomic mass is 9.71. The number of amides is 3. The zero-order valence-electron chi connectivity index (χ0n) is 27.8. The molecule has 250 valence electrons. The summed E-state index contributed by atoms with van der Waals surface area (Å²) >= 11 is 0. The van der Waals surface area contributed by atoms with E-state index in [1.807, 2.05) is 70.2 Å². The summed E-state index contributed by atoms with van der Waals surface area (Å²) in [7, 11) is 0. The van der Waals surface area contributed by atoms with E-state index in [4.69, 9.17) is 9.72 Å². The fraction of sp³-hybridized carbons (Fsp3) is 0.571. The van der Waals surface area contributed by atoms with Crippen molar-refractivity contribution in [3.8, 4) is 0 Å². The molecule has 1 saturated carbocycles. The van der Waals surface area contributed by atoms with E-state index in [1.165, 1.54) is 5.01 Å². The SMILES string of the molecule is CC.CC1NC(=O)C(C(C)C)NC(=O)C2(/C=C/c3ccc4ccc(nc4c3)[C@@H](C)OC(=O)C3CCCN(N3)C1=O)CCC(O)CC2. The molecule has 1 aliphatic carbocycles. The third-order valence-corrected chi connectivity index (χ3v) is 9.04. The smallest absolute Gasteiger partial charge is 0.325 e. The number of ether oxygens (including phenoxy) is 1. The van der Waals surface area contributed by atoms with E-state index >= 15 is 0 Å². The number of hydrogen-bond donors (Lipinski definition) is 4. The van der Waals surface area contributed by atoms with Gasteiger partial charge in [-0.15, -0.1) is 0 Å². The van der Waals surface area contributed by atoms with Crippen molar-refractivity contribution < 1.29 is 29.0 Å². The molecule has 1 aromatic heterocycles. The maximum Gasteiger partial charge on any atom is 0.325 e. The Morgan fingerprint density at radius 3 is 2.39 bits per heavy atom. The number of nitrogens with one attached hydrogen (secondary N) is 3. The van der Waals surface area contributed by atoms with Gasteiger partial charge in [-0.3, -0.25) is 24.2 Å². The van der Waals surface area contributed by atoms with Gasteiger partial charge >= 0.3 is 5.97 Å². The Hall–Kier alpha value is -3.83. The molecule has 0 radical (unpaired) electrons. The Morgan fingerprint density at radius 1 is 1.00 bits per heavy atom. The molecule has 46 heavy (non-hydrogen) atoms. The number of cyclic esters (lactones) is 1. The summed E-state index contributed by atoms with van der Waals surface area (Å²) in [6.45, 7) is 11.4. The average molecular weight is 636 g/mol. The van der Waals surface area contributed by atoms with Gasteiger partial charge in [0.05, 0.1) is 22.7 Å². The maximum atomic E-state index is 14.0. The zero-order valence-corrected chi connectivity index (χ0v) is 27.8. The van der Waals surface area contributed by atoms with Gasteiger partial charge in [0.15, 0.2) is 0 Å². The van der Waals surface area contributed by atoms with Gasteiger partial charge in [0.1, 0.15) is 24.2 Å². The largest absolute Gasteiger partial charge is 0.455 e. The third kappa shape index (κ3) is 7.93. The highest BCUT2D eigenvalue weighted by molar-refractivity contribution is 5.94. The van der Waals surface area contributed by atoms with Crippen LogP contribution in [-0.2, 0) is 23.9 Å². The molecule has 3 unspecified atom stereocenters. The molecule has 5 bridgehead atoms. The molecule has 4 N–H and O–H groups in total. The third-order valence-electron chi connectivity index (χ3n) is 9.04. The Kier molecular flexibility index (Phi) is 11.6. The summed E-state index contributed by atoms with van der Waals surface area (Å²) in [6, 6.07) is 7.07. The van der Waals surface area contributed by atoms with Gasteiger partial charge in [-0.1, -0.05) is 58.0 Å². The first kappa shape index (κ1) is 35.0. The van der Waals surface area contributed by atoms with Crippen molar-refractivity contribution in [3.63, 3.8) is 0 Å². The number of carbonyl (C=O) groups excluding carboxylic acids is 4. The average Bonchev–Trinajstić information content (AvgIpc) is 3.06. The van der Waals surface area contributed by atoms with Crippen LogP contribution in [0.15, 0.2) is 36.4 Å². The van der Waals surface area contributed by atoms with Crippen LogP contribution < -0.4 is 16.1 Å². The van der Waals surface area contributed by atoms with Crippen molar-refractivity contribution in [2.45, 2.75) is 110 Å². The molecule has 11 heteroatoms. The molecule has 3 heterocycles. The van der Waals surface area contributed by atoms with Crippen LogP contribution in [0.25, 0.3) is 17.0 Å². The molecule has 3 aliphatic rings. The minimum absolute atomic E-state index is 0.256. The lowest BCUT2D eigenvalue weighted by Crippen LogP contribution is -2.61. The van der Waals surface area contributed by atoms with Crippen molar-refractivity contribution in [2.75, 3.05) is 6.54 Å². The Labute approximate surface area is 271 Å². The molecule has 11 nitrogen and oxygen atoms in total. The first-order valence-electron chi connectivity index (χ1n) is 16.6. The zero-order chi connectivity index (χ0) is 33.6. The number of esters is 1. The van der Waals surface area contributed by atoms with Crippen LogP contribution in [0.4, 0.5) is 0 Å². The summed E-state index contributed by atoms with van der Waals surface area (Å²) < 4.78 is 5.78. The molecule has 2 fully saturated rings. The molecule has 4 atom stereocenters. The van der Waals surface area contributed by atoms with Gasteiger partial charge in [-0.25, -0.2) is 10.4 Å². The molecular weight excluding hydrogens is 586 g/mol. The second-order valence-corrected chi connectivity index (χ2v) is 12.7. The second-order valence-electron chi connectivity index (χ2n) is 12.7. The number of rotatable bonds is 1. The van der Waals surface area contributed by atoms with Crippen LogP contribution in [0.3, 0.4) is 0 Å². The number of pyridine rings is 1. The predicted octanol–water partition coefficient (Wildman–Crippen LogP) is 3.95. The molecule has 2 aliphatic heterocycles. The van der Waals surface area contributed by atoms with Gasteiger partial charge in [-0.05, 0) is 76.0 Å². The van der Waals surface area contributed by atoms with E-state index in [1.54, 1.807) is 13.8 Å². The molecule has 1 aromatic carbocycles. The minimum atomic E-state index is -0.924. The van der Waals surface area contributed by atoms with Crippen molar-refractivity contribution >= 4 is 40.7 Å². The van der Waals surface area contributed by atoms with E-state index in [0.29, 0.717) is 56.3 Å². The van der Waals surface area contributed by atoms with E-state index in [9.17, 15) is 24.3 Å². The van der Waals surface area contributed by atoms with Gasteiger partial charge in [-0.2, -0.15) is 0 Å². The standard InChI is InChI=1S/C33H43N5O6.C2H6/c1-19(2)28-29(40)34-20(3)30(41)38-17-5-6-26(37-38)31(42)44-21(4)25-10-9-23-8-7-22(18-27(23)35-25)11-14-33(32(43)36-28)15-12-24(39)13-16-33;1-2/h7-11,14,18-21,24,26,28,37,39H,5-6,12-13,15-17H2,1-4H3,(H,34,40)(H,36,43);1-2H3/b14-11+;/t20?,21-,24?,26?,28?,33?;/m1./s1. The minimum Gasteiger partial charge on any atom is -0.455 e. The van der Waals surface area contributed by atoms with Gasteiger partial charge < -0.3 is 20.5 Å². The number of aliphatic hydroxyl groups excluding tert-OH is 1. The van der Waals surface area contributed by atoms with E-state index in [-0.39, 0.29) is 11.8 Å². The Morgan fingerprint density at radius 2 is 1.70 bits per heavy atom. The number of benzene rings is 1. The van der Waals surface area contributed by atoms with E-state index < -0.39 is 53.5 Å². The number of aliphatic hydroxyl groups is 1. The summed E-state index contributed by atoms with van der Waals surface area (Å²) in [6.07, 6.45) is 5.53. The van der Waals surface area contributed by atoms with Gasteiger partial charge in [0, 0.05) is 11.9 Å². The molecule has 1 saturated heterocycles. The number of hydrazine groups is 1. The summed E-state index contributed by atoms with van der Waals surface area (Å²) in [4.78, 5) is 58.7. The van der Waals surface area contributed by atoms with Gasteiger partial charge in [0.25, 0.3) is 5.91 Å². The number of hydrogen-bond acceptors (Lipinski definition) is 8. The van der Waals surface area contributed by atoms with Crippen LogP contribution in [-0.4, -0.2) is 69.6 Å². The molecule has 1 spiro atoms. The lowest BCUT2D eigenvalue weighted by molar-refractivity contribution is -0.157. The summed E-state index contributed by atoms with van der Waals surface area (Å²) in [5.41, 5.74) is 4.21. The topological polar surface area (TPSA) is 150 Å². The first-order valence-corrected chi connectivity index (χ1v) is 16.6. The van der Waals surface area contributed by atoms with E-state index in [2.05, 4.69) is 16.1 Å². The number of nitrogens with zero attached hydrogens (tertiary/aromatic N) is 2. The fourth-order valence-corrected chi connectivity index (χ4v) is 6.17. The molecule has 5 rings (SSSR count). The van der Waals surface area contributed by atoms with Crippen LogP contribution >= 0.6 is 0 Å². The van der Waals surface area contributed by atoms with Crippen LogP contribution in [0.5, 0.6) is 0 Å². The van der Waals surface area contributed by atoms with E-state index in [0.717, 1.165) is 10.9 Å². The summed E-state index contributed by atoms with van der Waals surface area (Å²) in [5.74, 6) is -1.89. The normalized spacial score (nSPS) is 30.3. The number of carbonyl (C=O) groups is 4. The highest BCUT2D eigenvalue weighted by atomic mass is 16.5. The number of aromatic nitrogens is 1. The van der Waals surface area contributed by atoms with Crippen molar-refractivity contribution in [1.29, 1.82) is 0 Å². The quantitative estimate of drug-likeness (QED) is 0.344. The predicted molar refractivity (Wildman–Crippen MR) is 176 cm³/mol. The van der Waals surface area contributed by atoms with Crippen molar-refractivity contribution in [1.82, 2.24) is 26.1 Å². The van der Waals surface area contributed by atoms with Crippen LogP contribution in [0, 0.1) is 11.3 Å². The second kappa shape index (κ2) is 15.2. The number of fused-ring (bicyclic) bond motifs is 4. The lowest BCUT2D eigenvalue weighted by Gasteiger charge is -2.37. The summed E-state index contributed by atoms with van der Waals surface area (Å²) in [5, 5.41) is 18.3. The van der Waals surface area contributed by atoms with Crippen molar-refractivity contribution in [3.05, 3.63) is 47.7 Å². The monoisotopic (exact) mass is 635 g/mol. The fourth-order valence-electron chi connectivity index (χ4n) is 6.17. The van der Waals surface area contributed by atoms with Crippen LogP contribution in [0.1, 0.15) is 97.4 Å². The molecular formula is C35H49N5O6. The van der Waals surface area contributed by atoms with Crippen LogP contribution in [0.2, 0.25) is 0 Å². The highest BCUT2D eigenvalue weighted by Gasteiger charge is 2.42. The Balaban J connectivity index is 0.00000235.